The summed E-state index contributed by atoms with van der Waals surface area (Å²) in [4.78, 5) is 18.4. The fourth-order valence-electron chi connectivity index (χ4n) is 2.92. The Morgan fingerprint density at radius 2 is 2.04 bits per heavy atom. The number of carbonyl (C=O) groups is 1. The number of hydrogen-bond acceptors (Lipinski definition) is 4. The number of ether oxygens (including phenoxy) is 1. The number of carbonyl (C=O) groups excluding carboxylic acids is 1. The van der Waals surface area contributed by atoms with Crippen LogP contribution in [0.25, 0.3) is 0 Å². The third-order valence-electron chi connectivity index (χ3n) is 4.47. The molecule has 6 nitrogen and oxygen atoms in total. The summed E-state index contributed by atoms with van der Waals surface area (Å²) in [6.07, 6.45) is 2.73. The first kappa shape index (κ1) is 17.4. The number of nitrogens with one attached hydrogen (secondary N) is 1. The van der Waals surface area contributed by atoms with E-state index in [1.807, 2.05) is 42.5 Å². The van der Waals surface area contributed by atoms with Gasteiger partial charge in [0, 0.05) is 24.6 Å². The average molecular weight is 341 g/mol. The van der Waals surface area contributed by atoms with E-state index in [0.29, 0.717) is 6.61 Å². The lowest BCUT2D eigenvalue weighted by Gasteiger charge is -2.26. The van der Waals surface area contributed by atoms with Gasteiger partial charge in [-0.05, 0) is 36.6 Å². The van der Waals surface area contributed by atoms with Gasteiger partial charge in [0.05, 0.1) is 25.4 Å². The molecule has 0 spiro atoms. The Balaban J connectivity index is 1.65. The number of hydrogen-bond donors (Lipinski definition) is 2. The van der Waals surface area contributed by atoms with E-state index in [-0.39, 0.29) is 18.7 Å². The molecule has 25 heavy (non-hydrogen) atoms. The number of aryl methyl sites for hydroxylation is 2. The number of nitrogens with zero attached hydrogens (tertiary/aromatic N) is 2. The van der Waals surface area contributed by atoms with Gasteiger partial charge in [-0.15, -0.1) is 0 Å². The quantitative estimate of drug-likeness (QED) is 0.873. The van der Waals surface area contributed by atoms with Crippen LogP contribution in [-0.4, -0.2) is 53.4 Å². The number of amides is 2. The molecule has 2 N–H and O–H groups in total. The van der Waals surface area contributed by atoms with Crippen LogP contribution in [0.2, 0.25) is 0 Å². The van der Waals surface area contributed by atoms with Crippen molar-refractivity contribution in [1.29, 1.82) is 0 Å². The number of pyridine rings is 1. The Morgan fingerprint density at radius 3 is 2.76 bits per heavy atom. The number of aromatic nitrogens is 1. The van der Waals surface area contributed by atoms with Crippen LogP contribution in [0.1, 0.15) is 11.3 Å². The normalized spacial score (nSPS) is 19.6. The third kappa shape index (κ3) is 4.35. The molecule has 2 aromatic rings. The molecule has 2 heterocycles. The van der Waals surface area contributed by atoms with E-state index < -0.39 is 6.10 Å². The van der Waals surface area contributed by atoms with Gasteiger partial charge < -0.3 is 20.1 Å². The van der Waals surface area contributed by atoms with Crippen LogP contribution in [0.4, 0.5) is 10.5 Å². The lowest BCUT2D eigenvalue weighted by atomic mass is 10.1. The van der Waals surface area contributed by atoms with Crippen molar-refractivity contribution in [2.75, 3.05) is 25.6 Å². The maximum absolute atomic E-state index is 12.5. The monoisotopic (exact) mass is 341 g/mol. The van der Waals surface area contributed by atoms with Gasteiger partial charge in [0.15, 0.2) is 0 Å². The fourth-order valence-corrected chi connectivity index (χ4v) is 2.92. The number of likely N-dealkylation sites (N-methyl/N-ethyl adjacent to an activating group) is 1. The van der Waals surface area contributed by atoms with Gasteiger partial charge in [-0.2, -0.15) is 0 Å². The summed E-state index contributed by atoms with van der Waals surface area (Å²) in [6, 6.07) is 13.0. The molecule has 6 heteroatoms. The summed E-state index contributed by atoms with van der Waals surface area (Å²) < 4.78 is 5.22. The van der Waals surface area contributed by atoms with Crippen LogP contribution >= 0.6 is 0 Å². The molecule has 1 aromatic heterocycles. The number of para-hydroxylation sites is 1. The van der Waals surface area contributed by atoms with Gasteiger partial charge >= 0.3 is 6.03 Å². The van der Waals surface area contributed by atoms with Crippen molar-refractivity contribution in [3.8, 4) is 0 Å². The summed E-state index contributed by atoms with van der Waals surface area (Å²) in [5, 5.41) is 12.8. The van der Waals surface area contributed by atoms with Crippen LogP contribution in [0.3, 0.4) is 0 Å². The minimum absolute atomic E-state index is 0.250. The van der Waals surface area contributed by atoms with E-state index in [4.69, 9.17) is 4.74 Å². The van der Waals surface area contributed by atoms with Gasteiger partial charge in [-0.1, -0.05) is 24.3 Å². The van der Waals surface area contributed by atoms with Crippen LogP contribution in [-0.2, 0) is 17.6 Å². The smallest absolute Gasteiger partial charge is 0.322 e. The molecule has 1 aliphatic rings. The molecule has 1 aliphatic heterocycles. The van der Waals surface area contributed by atoms with Crippen LogP contribution in [0, 0.1) is 0 Å². The van der Waals surface area contributed by atoms with Crippen LogP contribution in [0.5, 0.6) is 0 Å². The number of aliphatic hydroxyl groups excluding tert-OH is 1. The van der Waals surface area contributed by atoms with Crippen molar-refractivity contribution >= 4 is 11.7 Å². The number of benzene rings is 1. The number of anilines is 1. The van der Waals surface area contributed by atoms with Crippen LogP contribution in [0.15, 0.2) is 48.7 Å². The molecule has 2 amide bonds. The van der Waals surface area contributed by atoms with E-state index in [9.17, 15) is 9.90 Å². The molecule has 1 saturated heterocycles. The molecular formula is C19H23N3O3. The standard InChI is InChI=1S/C19H23N3O3/c1-22(17-12-25-13-18(17)23)19(24)21-16-8-3-2-6-14(16)9-10-15-7-4-5-11-20-15/h2-8,11,17-18,23H,9-10,12-13H2,1H3,(H,21,24). The van der Waals surface area contributed by atoms with Crippen molar-refractivity contribution in [2.45, 2.75) is 25.0 Å². The second-order valence-electron chi connectivity index (χ2n) is 6.19. The topological polar surface area (TPSA) is 74.7 Å². The maximum atomic E-state index is 12.5. The first-order valence-corrected chi connectivity index (χ1v) is 8.42. The largest absolute Gasteiger partial charge is 0.388 e. The van der Waals surface area contributed by atoms with Gasteiger partial charge in [-0.25, -0.2) is 4.79 Å². The summed E-state index contributed by atoms with van der Waals surface area (Å²) >= 11 is 0. The maximum Gasteiger partial charge on any atom is 0.322 e. The van der Waals surface area contributed by atoms with E-state index in [1.165, 1.54) is 4.90 Å². The molecule has 0 bridgehead atoms. The van der Waals surface area contributed by atoms with E-state index in [1.54, 1.807) is 13.2 Å². The first-order chi connectivity index (χ1) is 12.1. The highest BCUT2D eigenvalue weighted by Gasteiger charge is 2.32. The van der Waals surface area contributed by atoms with E-state index >= 15 is 0 Å². The Hall–Kier alpha value is -2.44. The van der Waals surface area contributed by atoms with Crippen molar-refractivity contribution < 1.29 is 14.6 Å². The molecule has 3 rings (SSSR count). The van der Waals surface area contributed by atoms with Crippen molar-refractivity contribution in [2.24, 2.45) is 0 Å². The minimum Gasteiger partial charge on any atom is -0.388 e. The van der Waals surface area contributed by atoms with Crippen molar-refractivity contribution in [3.63, 3.8) is 0 Å². The van der Waals surface area contributed by atoms with Crippen LogP contribution < -0.4 is 5.32 Å². The molecule has 132 valence electrons. The second-order valence-corrected chi connectivity index (χ2v) is 6.19. The average Bonchev–Trinajstić information content (AvgIpc) is 3.07. The SMILES string of the molecule is CN(C(=O)Nc1ccccc1CCc1ccccn1)C1COCC1O. The number of urea groups is 1. The highest BCUT2D eigenvalue weighted by molar-refractivity contribution is 5.90. The molecular weight excluding hydrogens is 318 g/mol. The molecule has 0 saturated carbocycles. The van der Waals surface area contributed by atoms with Gasteiger partial charge in [0.1, 0.15) is 0 Å². The summed E-state index contributed by atoms with van der Waals surface area (Å²) in [5.41, 5.74) is 2.86. The minimum atomic E-state index is -0.643. The van der Waals surface area contributed by atoms with Crippen molar-refractivity contribution in [3.05, 3.63) is 59.9 Å². The second kappa shape index (κ2) is 8.09. The van der Waals surface area contributed by atoms with Gasteiger partial charge in [0.25, 0.3) is 0 Å². The zero-order chi connectivity index (χ0) is 17.6. The lowest BCUT2D eigenvalue weighted by Crippen LogP contribution is -2.46. The third-order valence-corrected chi connectivity index (χ3v) is 4.47. The zero-order valence-corrected chi connectivity index (χ0v) is 14.3. The lowest BCUT2D eigenvalue weighted by molar-refractivity contribution is 0.106. The fraction of sp³-hybridized carbons (Fsp3) is 0.368. The molecule has 1 fully saturated rings. The first-order valence-electron chi connectivity index (χ1n) is 8.42. The van der Waals surface area contributed by atoms with Gasteiger partial charge in [-0.3, -0.25) is 4.98 Å². The summed E-state index contributed by atoms with van der Waals surface area (Å²) in [7, 11) is 1.68. The zero-order valence-electron chi connectivity index (χ0n) is 14.3. The summed E-state index contributed by atoms with van der Waals surface area (Å²) in [5.74, 6) is 0. The van der Waals surface area contributed by atoms with Crippen molar-refractivity contribution in [1.82, 2.24) is 9.88 Å². The summed E-state index contributed by atoms with van der Waals surface area (Å²) in [6.45, 7) is 0.620. The highest BCUT2D eigenvalue weighted by atomic mass is 16.5. The molecule has 2 unspecified atom stereocenters. The Bertz CT molecular complexity index is 708. The number of aliphatic hydroxyl groups is 1. The predicted octanol–water partition coefficient (Wildman–Crippen LogP) is 2.09. The van der Waals surface area contributed by atoms with E-state index in [0.717, 1.165) is 29.8 Å². The molecule has 1 aromatic carbocycles. The predicted molar refractivity (Wildman–Crippen MR) is 95.5 cm³/mol. The number of rotatable bonds is 5. The Kier molecular flexibility index (Phi) is 5.63. The molecule has 2 atom stereocenters. The van der Waals surface area contributed by atoms with E-state index in [2.05, 4.69) is 10.3 Å². The molecule has 0 radical (unpaired) electrons. The van der Waals surface area contributed by atoms with Gasteiger partial charge in [0.2, 0.25) is 0 Å². The molecule has 0 aliphatic carbocycles. The Labute approximate surface area is 147 Å². The Morgan fingerprint density at radius 1 is 1.24 bits per heavy atom. The highest BCUT2D eigenvalue weighted by Crippen LogP contribution is 2.19.